The predicted octanol–water partition coefficient (Wildman–Crippen LogP) is 2.56. The number of hydrogen-bond acceptors (Lipinski definition) is 5. The van der Waals surface area contributed by atoms with E-state index in [0.717, 1.165) is 25.2 Å². The molecule has 9 heteroatoms. The first-order chi connectivity index (χ1) is 15.3. The van der Waals surface area contributed by atoms with Crippen molar-refractivity contribution >= 4 is 28.2 Å². The number of aromatic nitrogens is 1. The third-order valence-corrected chi connectivity index (χ3v) is 5.50. The number of halogens is 2. The largest absolute Gasteiger partial charge is 0.397 e. The number of nitrogens with two attached hydrogens (primary N) is 1. The van der Waals surface area contributed by atoms with Crippen molar-refractivity contribution in [3.63, 3.8) is 0 Å². The third kappa shape index (κ3) is 4.47. The van der Waals surface area contributed by atoms with Crippen molar-refractivity contribution in [2.75, 3.05) is 38.5 Å². The Kier molecular flexibility index (Phi) is 5.91. The summed E-state index contributed by atoms with van der Waals surface area (Å²) in [6, 6.07) is 9.99. The van der Waals surface area contributed by atoms with Gasteiger partial charge in [-0.1, -0.05) is 0 Å². The van der Waals surface area contributed by atoms with Gasteiger partial charge >= 0.3 is 0 Å². The van der Waals surface area contributed by atoms with Crippen molar-refractivity contribution in [3.8, 4) is 0 Å². The summed E-state index contributed by atoms with van der Waals surface area (Å²) in [7, 11) is 2.03. The molecule has 0 spiro atoms. The van der Waals surface area contributed by atoms with Crippen molar-refractivity contribution in [2.24, 2.45) is 5.73 Å². The van der Waals surface area contributed by atoms with Gasteiger partial charge in [0.15, 0.2) is 0 Å². The smallest absolute Gasteiger partial charge is 0.257 e. The molecule has 7 nitrogen and oxygen atoms in total. The topological polar surface area (TPSA) is 94.5 Å². The van der Waals surface area contributed by atoms with E-state index in [-0.39, 0.29) is 28.1 Å². The summed E-state index contributed by atoms with van der Waals surface area (Å²) in [6.45, 7) is 3.09. The molecule has 1 saturated heterocycles. The Morgan fingerprint density at radius 3 is 2.47 bits per heavy atom. The lowest BCUT2D eigenvalue weighted by molar-refractivity contribution is 0.0664. The quantitative estimate of drug-likeness (QED) is 0.581. The number of likely N-dealkylation sites (N-methyl/N-ethyl adjacent to an activating group) is 1. The number of nitrogens with zero attached hydrogens (tertiary/aromatic N) is 2. The summed E-state index contributed by atoms with van der Waals surface area (Å²) < 4.78 is 27.4. The lowest BCUT2D eigenvalue weighted by Crippen LogP contribution is -2.47. The first-order valence-corrected chi connectivity index (χ1v) is 10.1. The highest BCUT2D eigenvalue weighted by atomic mass is 19.1. The van der Waals surface area contributed by atoms with Crippen LogP contribution in [0.25, 0.3) is 16.6 Å². The standard InChI is InChI=1S/C23H23F2N5O2/c1-29-6-8-30(9-7-29)23(32)14-2-4-16(5-3-14)27-13-20(26)18-12-17-19(25)10-15(24)11-21(17)28-22(18)31/h2-5,10-13,27H,6-9,26H2,1H3,(H,28,31)/b20-13-. The molecule has 0 bridgehead atoms. The van der Waals surface area contributed by atoms with Gasteiger partial charge in [0.25, 0.3) is 11.5 Å². The Balaban J connectivity index is 1.49. The number of aromatic amines is 1. The maximum absolute atomic E-state index is 14.1. The normalized spacial score (nSPS) is 15.2. The number of nitrogens with one attached hydrogen (secondary N) is 2. The minimum Gasteiger partial charge on any atom is -0.397 e. The number of rotatable bonds is 4. The number of fused-ring (bicyclic) bond motifs is 1. The Hall–Kier alpha value is -3.72. The minimum atomic E-state index is -0.793. The van der Waals surface area contributed by atoms with Crippen LogP contribution in [0.1, 0.15) is 15.9 Å². The predicted molar refractivity (Wildman–Crippen MR) is 120 cm³/mol. The summed E-state index contributed by atoms with van der Waals surface area (Å²) >= 11 is 0. The average molecular weight is 439 g/mol. The maximum Gasteiger partial charge on any atom is 0.257 e. The third-order valence-electron chi connectivity index (χ3n) is 5.50. The zero-order chi connectivity index (χ0) is 22.8. The number of pyridine rings is 1. The Bertz CT molecular complexity index is 1250. The van der Waals surface area contributed by atoms with Gasteiger partial charge in [-0.05, 0) is 43.4 Å². The van der Waals surface area contributed by atoms with Crippen LogP contribution in [0, 0.1) is 11.6 Å². The van der Waals surface area contributed by atoms with Gasteiger partial charge in [-0.25, -0.2) is 8.78 Å². The number of H-pyrrole nitrogens is 1. The highest BCUT2D eigenvalue weighted by Crippen LogP contribution is 2.19. The van der Waals surface area contributed by atoms with Crippen LogP contribution in [-0.2, 0) is 0 Å². The van der Waals surface area contributed by atoms with E-state index in [0.29, 0.717) is 24.3 Å². The van der Waals surface area contributed by atoms with Gasteiger partial charge in [-0.15, -0.1) is 0 Å². The second-order valence-corrected chi connectivity index (χ2v) is 7.78. The fourth-order valence-corrected chi connectivity index (χ4v) is 3.59. The molecule has 4 N–H and O–H groups in total. The van der Waals surface area contributed by atoms with Crippen molar-refractivity contribution in [1.29, 1.82) is 0 Å². The molecule has 0 atom stereocenters. The van der Waals surface area contributed by atoms with Gasteiger partial charge in [0.2, 0.25) is 0 Å². The van der Waals surface area contributed by atoms with E-state index in [4.69, 9.17) is 5.73 Å². The molecule has 166 valence electrons. The van der Waals surface area contributed by atoms with Gasteiger partial charge < -0.3 is 25.8 Å². The number of anilines is 1. The lowest BCUT2D eigenvalue weighted by atomic mass is 10.1. The molecule has 0 unspecified atom stereocenters. The summed E-state index contributed by atoms with van der Waals surface area (Å²) in [5, 5.41) is 3.03. The fourth-order valence-electron chi connectivity index (χ4n) is 3.59. The van der Waals surface area contributed by atoms with Gasteiger partial charge in [0, 0.05) is 55.1 Å². The number of benzene rings is 2. The van der Waals surface area contributed by atoms with Crippen LogP contribution in [0.5, 0.6) is 0 Å². The van der Waals surface area contributed by atoms with E-state index in [2.05, 4.69) is 15.2 Å². The van der Waals surface area contributed by atoms with Crippen molar-refractivity contribution in [1.82, 2.24) is 14.8 Å². The molecule has 1 fully saturated rings. The summed E-state index contributed by atoms with van der Waals surface area (Å²) in [5.41, 5.74) is 6.89. The van der Waals surface area contributed by atoms with E-state index in [1.54, 1.807) is 24.3 Å². The van der Waals surface area contributed by atoms with E-state index >= 15 is 0 Å². The first kappa shape index (κ1) is 21.5. The second-order valence-electron chi connectivity index (χ2n) is 7.78. The fraction of sp³-hybridized carbons (Fsp3) is 0.217. The molecule has 1 aliphatic heterocycles. The summed E-state index contributed by atoms with van der Waals surface area (Å²) in [6.07, 6.45) is 1.41. The number of carbonyl (C=O) groups is 1. The van der Waals surface area contributed by atoms with E-state index in [9.17, 15) is 18.4 Å². The molecule has 1 aromatic heterocycles. The molecular formula is C23H23F2N5O2. The molecule has 0 radical (unpaired) electrons. The Morgan fingerprint density at radius 2 is 1.78 bits per heavy atom. The first-order valence-electron chi connectivity index (χ1n) is 10.1. The molecule has 0 saturated carbocycles. The molecule has 2 aromatic carbocycles. The summed E-state index contributed by atoms with van der Waals surface area (Å²) in [5.74, 6) is -1.59. The van der Waals surface area contributed by atoms with Crippen LogP contribution in [-0.4, -0.2) is 53.9 Å². The molecule has 1 amide bonds. The zero-order valence-electron chi connectivity index (χ0n) is 17.5. The van der Waals surface area contributed by atoms with Crippen molar-refractivity contribution in [2.45, 2.75) is 0 Å². The maximum atomic E-state index is 14.1. The lowest BCUT2D eigenvalue weighted by Gasteiger charge is -2.32. The molecule has 2 heterocycles. The highest BCUT2D eigenvalue weighted by Gasteiger charge is 2.20. The van der Waals surface area contributed by atoms with E-state index in [1.165, 1.54) is 12.3 Å². The molecule has 0 aliphatic carbocycles. The van der Waals surface area contributed by atoms with Crippen LogP contribution in [0.2, 0.25) is 0 Å². The van der Waals surface area contributed by atoms with Crippen LogP contribution in [0.15, 0.2) is 53.5 Å². The van der Waals surface area contributed by atoms with E-state index < -0.39 is 17.2 Å². The number of carbonyl (C=O) groups excluding carboxylic acids is 1. The molecule has 4 rings (SSSR count). The molecule has 1 aliphatic rings. The summed E-state index contributed by atoms with van der Waals surface area (Å²) in [4.78, 5) is 31.4. The van der Waals surface area contributed by atoms with Crippen molar-refractivity contribution in [3.05, 3.63) is 81.8 Å². The molecular weight excluding hydrogens is 416 g/mol. The number of piperazine rings is 1. The zero-order valence-corrected chi connectivity index (χ0v) is 17.5. The highest BCUT2D eigenvalue weighted by molar-refractivity contribution is 5.94. The monoisotopic (exact) mass is 439 g/mol. The minimum absolute atomic E-state index is 0.0131. The van der Waals surface area contributed by atoms with Crippen molar-refractivity contribution < 1.29 is 13.6 Å². The second kappa shape index (κ2) is 8.80. The van der Waals surface area contributed by atoms with Gasteiger partial charge in [-0.3, -0.25) is 9.59 Å². The SMILES string of the molecule is CN1CCN(C(=O)c2ccc(N/C=C(\N)c3cc4c(F)cc(F)cc4[nH]c3=O)cc2)CC1. The van der Waals surface area contributed by atoms with Gasteiger partial charge in [-0.2, -0.15) is 0 Å². The molecule has 32 heavy (non-hydrogen) atoms. The molecule has 3 aromatic rings. The average Bonchev–Trinajstić information content (AvgIpc) is 2.77. The Labute approximate surface area is 183 Å². The van der Waals surface area contributed by atoms with Gasteiger partial charge in [0.1, 0.15) is 11.6 Å². The van der Waals surface area contributed by atoms with Crippen LogP contribution in [0.4, 0.5) is 14.5 Å². The Morgan fingerprint density at radius 1 is 1.09 bits per heavy atom. The van der Waals surface area contributed by atoms with Crippen LogP contribution in [0.3, 0.4) is 0 Å². The number of hydrogen-bond donors (Lipinski definition) is 3. The van der Waals surface area contributed by atoms with Gasteiger partial charge in [0.05, 0.1) is 16.8 Å². The van der Waals surface area contributed by atoms with E-state index in [1.807, 2.05) is 11.9 Å². The number of amides is 1. The van der Waals surface area contributed by atoms with Crippen LogP contribution >= 0.6 is 0 Å². The van der Waals surface area contributed by atoms with Crippen LogP contribution < -0.4 is 16.6 Å².